The lowest BCUT2D eigenvalue weighted by Gasteiger charge is -2.09. The predicted molar refractivity (Wildman–Crippen MR) is 79.8 cm³/mol. The summed E-state index contributed by atoms with van der Waals surface area (Å²) in [5.74, 6) is 0.911. The van der Waals surface area contributed by atoms with E-state index >= 15 is 0 Å². The largest absolute Gasteiger partial charge is 0.0885 e. The quantitative estimate of drug-likeness (QED) is 0.282. The van der Waals surface area contributed by atoms with E-state index in [2.05, 4.69) is 32.9 Å². The molecule has 0 aromatic carbocycles. The first kappa shape index (κ1) is 16.7. The molecule has 0 aromatic rings. The summed E-state index contributed by atoms with van der Waals surface area (Å²) in [5.41, 5.74) is 0. The second kappa shape index (κ2) is 13.8. The van der Waals surface area contributed by atoms with Gasteiger partial charge >= 0.3 is 0 Å². The summed E-state index contributed by atoms with van der Waals surface area (Å²) in [6.07, 6.45) is 18.8. The Labute approximate surface area is 110 Å². The summed E-state index contributed by atoms with van der Waals surface area (Å²) in [4.78, 5) is 0. The van der Waals surface area contributed by atoms with Gasteiger partial charge in [-0.1, -0.05) is 77.9 Å². The van der Waals surface area contributed by atoms with Crippen molar-refractivity contribution in [2.75, 3.05) is 0 Å². The van der Waals surface area contributed by atoms with E-state index in [-0.39, 0.29) is 0 Å². The second-order valence-electron chi connectivity index (χ2n) is 5.21. The van der Waals surface area contributed by atoms with Crippen LogP contribution in [0.25, 0.3) is 0 Å². The number of hydrogen-bond donors (Lipinski definition) is 0. The van der Waals surface area contributed by atoms with Crippen LogP contribution >= 0.6 is 0 Å². The van der Waals surface area contributed by atoms with Crippen LogP contribution in [0.1, 0.15) is 77.6 Å². The van der Waals surface area contributed by atoms with Crippen molar-refractivity contribution < 1.29 is 0 Å². The fourth-order valence-corrected chi connectivity index (χ4v) is 2.10. The molecule has 0 aliphatic heterocycles. The zero-order chi connectivity index (χ0) is 12.8. The fourth-order valence-electron chi connectivity index (χ4n) is 2.10. The normalized spacial score (nSPS) is 13.4. The van der Waals surface area contributed by atoms with Gasteiger partial charge in [0.15, 0.2) is 0 Å². The number of rotatable bonds is 12. The Balaban J connectivity index is 3.12. The van der Waals surface area contributed by atoms with E-state index in [1.54, 1.807) is 0 Å². The van der Waals surface area contributed by atoms with Crippen LogP contribution in [0, 0.1) is 19.8 Å². The molecule has 0 rings (SSSR count). The molecule has 0 fully saturated rings. The molecule has 0 heteroatoms. The minimum absolute atomic E-state index is 0.911. The van der Waals surface area contributed by atoms with Gasteiger partial charge in [0, 0.05) is 0 Å². The van der Waals surface area contributed by atoms with E-state index in [0.717, 1.165) is 25.2 Å². The molecule has 100 valence electrons. The smallest absolute Gasteiger partial charge is 0.0351 e. The summed E-state index contributed by atoms with van der Waals surface area (Å²) in [6.45, 7) is 10.1. The predicted octanol–water partition coefficient (Wildman–Crippen LogP) is 6.14. The molecule has 0 N–H and O–H groups in total. The zero-order valence-electron chi connectivity index (χ0n) is 11.9. The average molecular weight is 236 g/mol. The van der Waals surface area contributed by atoms with Gasteiger partial charge in [0.1, 0.15) is 0 Å². The van der Waals surface area contributed by atoms with Gasteiger partial charge in [0.25, 0.3) is 0 Å². The number of unbranched alkanes of at least 4 members (excludes halogenated alkanes) is 6. The molecule has 0 aliphatic rings. The Morgan fingerprint density at radius 3 is 2.12 bits per heavy atom. The molecular formula is C17H32. The second-order valence-corrected chi connectivity index (χ2v) is 5.21. The molecule has 0 aromatic heterocycles. The first-order valence-corrected chi connectivity index (χ1v) is 7.54. The van der Waals surface area contributed by atoms with Gasteiger partial charge < -0.3 is 0 Å². The maximum Gasteiger partial charge on any atom is -0.0351 e. The van der Waals surface area contributed by atoms with Crippen LogP contribution < -0.4 is 0 Å². The summed E-state index contributed by atoms with van der Waals surface area (Å²) in [6, 6.07) is 0. The fraction of sp³-hybridized carbons (Fsp3) is 0.765. The van der Waals surface area contributed by atoms with Gasteiger partial charge in [0.2, 0.25) is 0 Å². The highest BCUT2D eigenvalue weighted by Gasteiger charge is 2.00. The van der Waals surface area contributed by atoms with Crippen LogP contribution in [-0.2, 0) is 0 Å². The van der Waals surface area contributed by atoms with Crippen molar-refractivity contribution in [1.82, 2.24) is 0 Å². The molecule has 1 unspecified atom stereocenters. The maximum absolute atomic E-state index is 3.90. The third-order valence-electron chi connectivity index (χ3n) is 3.30. The highest BCUT2D eigenvalue weighted by atomic mass is 14.1. The van der Waals surface area contributed by atoms with Gasteiger partial charge in [0.05, 0.1) is 0 Å². The van der Waals surface area contributed by atoms with Crippen LogP contribution in [-0.4, -0.2) is 0 Å². The van der Waals surface area contributed by atoms with Gasteiger partial charge in [-0.3, -0.25) is 0 Å². The molecule has 0 nitrogen and oxygen atoms in total. The van der Waals surface area contributed by atoms with E-state index in [4.69, 9.17) is 0 Å². The summed E-state index contributed by atoms with van der Waals surface area (Å²) in [7, 11) is 0. The van der Waals surface area contributed by atoms with E-state index in [0.29, 0.717) is 0 Å². The summed E-state index contributed by atoms with van der Waals surface area (Å²) >= 11 is 0. The van der Waals surface area contributed by atoms with Crippen LogP contribution in [0.2, 0.25) is 0 Å². The standard InChI is InChI=1S/C17H32/c1-4-6-8-9-10-11-12-13-14-16-17(3)15-7-5-2/h8-9,17H,1-2,4-7,10-16H2,3H3/b9-8+. The first-order chi connectivity index (χ1) is 8.31. The lowest BCUT2D eigenvalue weighted by Crippen LogP contribution is -1.94. The van der Waals surface area contributed by atoms with Crippen LogP contribution in [0.15, 0.2) is 12.2 Å². The van der Waals surface area contributed by atoms with Gasteiger partial charge in [-0.25, -0.2) is 0 Å². The molecule has 0 saturated heterocycles. The molecule has 0 saturated carbocycles. The maximum atomic E-state index is 3.90. The zero-order valence-corrected chi connectivity index (χ0v) is 11.9. The molecule has 0 aliphatic carbocycles. The average Bonchev–Trinajstić information content (AvgIpc) is 2.34. The Morgan fingerprint density at radius 2 is 1.41 bits per heavy atom. The molecule has 2 radical (unpaired) electrons. The Kier molecular flexibility index (Phi) is 13.6. The molecule has 17 heavy (non-hydrogen) atoms. The Bertz CT molecular complexity index is 157. The van der Waals surface area contributed by atoms with Crippen molar-refractivity contribution in [3.63, 3.8) is 0 Å². The van der Waals surface area contributed by atoms with E-state index in [1.807, 2.05) is 0 Å². The highest BCUT2D eigenvalue weighted by molar-refractivity contribution is 4.81. The van der Waals surface area contributed by atoms with Crippen LogP contribution in [0.4, 0.5) is 0 Å². The molecular weight excluding hydrogens is 204 g/mol. The molecule has 1 atom stereocenters. The SMILES string of the molecule is [CH2]CC/C=C/CCCCCCC(C)CCC[CH2]. The van der Waals surface area contributed by atoms with Crippen molar-refractivity contribution in [2.24, 2.45) is 5.92 Å². The van der Waals surface area contributed by atoms with Crippen molar-refractivity contribution in [3.05, 3.63) is 26.0 Å². The Hall–Kier alpha value is -0.260. The minimum Gasteiger partial charge on any atom is -0.0885 e. The van der Waals surface area contributed by atoms with Gasteiger partial charge in [-0.2, -0.15) is 0 Å². The third kappa shape index (κ3) is 13.7. The first-order valence-electron chi connectivity index (χ1n) is 7.54. The number of allylic oxidation sites excluding steroid dienone is 2. The van der Waals surface area contributed by atoms with Crippen LogP contribution in [0.5, 0.6) is 0 Å². The Morgan fingerprint density at radius 1 is 0.765 bits per heavy atom. The van der Waals surface area contributed by atoms with E-state index in [9.17, 15) is 0 Å². The monoisotopic (exact) mass is 236 g/mol. The van der Waals surface area contributed by atoms with E-state index in [1.165, 1.54) is 51.4 Å². The highest BCUT2D eigenvalue weighted by Crippen LogP contribution is 2.16. The van der Waals surface area contributed by atoms with E-state index < -0.39 is 0 Å². The molecule has 0 bridgehead atoms. The van der Waals surface area contributed by atoms with Gasteiger partial charge in [-0.15, -0.1) is 0 Å². The molecule has 0 heterocycles. The lowest BCUT2D eigenvalue weighted by molar-refractivity contribution is 0.447. The minimum atomic E-state index is 0.911. The topological polar surface area (TPSA) is 0 Å². The molecule has 0 spiro atoms. The number of hydrogen-bond acceptors (Lipinski definition) is 0. The lowest BCUT2D eigenvalue weighted by atomic mass is 9.97. The summed E-state index contributed by atoms with van der Waals surface area (Å²) < 4.78 is 0. The van der Waals surface area contributed by atoms with Crippen molar-refractivity contribution >= 4 is 0 Å². The summed E-state index contributed by atoms with van der Waals surface area (Å²) in [5, 5.41) is 0. The third-order valence-corrected chi connectivity index (χ3v) is 3.30. The van der Waals surface area contributed by atoms with Crippen molar-refractivity contribution in [2.45, 2.75) is 77.6 Å². The van der Waals surface area contributed by atoms with Crippen molar-refractivity contribution in [1.29, 1.82) is 0 Å². The molecule has 0 amide bonds. The van der Waals surface area contributed by atoms with Crippen molar-refractivity contribution in [3.8, 4) is 0 Å². The van der Waals surface area contributed by atoms with Gasteiger partial charge in [-0.05, 0) is 31.6 Å². The van der Waals surface area contributed by atoms with Crippen LogP contribution in [0.3, 0.4) is 0 Å².